The van der Waals surface area contributed by atoms with Gasteiger partial charge in [-0.3, -0.25) is 4.90 Å². The van der Waals surface area contributed by atoms with Crippen LogP contribution in [0.3, 0.4) is 0 Å². The summed E-state index contributed by atoms with van der Waals surface area (Å²) in [6.45, 7) is 6.93. The summed E-state index contributed by atoms with van der Waals surface area (Å²) in [7, 11) is 0. The summed E-state index contributed by atoms with van der Waals surface area (Å²) >= 11 is 0. The summed E-state index contributed by atoms with van der Waals surface area (Å²) in [6.07, 6.45) is 3.75. The Labute approximate surface area is 104 Å². The van der Waals surface area contributed by atoms with Gasteiger partial charge in [-0.2, -0.15) is 0 Å². The third kappa shape index (κ3) is 3.01. The van der Waals surface area contributed by atoms with Crippen LogP contribution in [0, 0.1) is 0 Å². The van der Waals surface area contributed by atoms with E-state index in [0.29, 0.717) is 11.7 Å². The van der Waals surface area contributed by atoms with E-state index in [0.717, 1.165) is 6.04 Å². The Morgan fingerprint density at radius 2 is 1.71 bits per heavy atom. The average Bonchev–Trinajstić information content (AvgIpc) is 3.10. The first-order valence-electron chi connectivity index (χ1n) is 6.79. The SMILES string of the molecule is CCCN(CCC)[C@H]1C[C@@H]1c1ccc(O)cc1. The van der Waals surface area contributed by atoms with Crippen molar-refractivity contribution in [3.63, 3.8) is 0 Å². The molecule has 0 aromatic heterocycles. The van der Waals surface area contributed by atoms with Crippen LogP contribution in [0.5, 0.6) is 5.75 Å². The van der Waals surface area contributed by atoms with Gasteiger partial charge in [0.25, 0.3) is 0 Å². The molecule has 0 spiro atoms. The molecule has 1 N–H and O–H groups in total. The maximum Gasteiger partial charge on any atom is 0.115 e. The van der Waals surface area contributed by atoms with Crippen molar-refractivity contribution >= 4 is 0 Å². The molecule has 2 atom stereocenters. The van der Waals surface area contributed by atoms with Crippen LogP contribution in [0.15, 0.2) is 24.3 Å². The van der Waals surface area contributed by atoms with E-state index in [1.54, 1.807) is 12.1 Å². The van der Waals surface area contributed by atoms with Gasteiger partial charge in [0.1, 0.15) is 5.75 Å². The van der Waals surface area contributed by atoms with Crippen molar-refractivity contribution in [3.05, 3.63) is 29.8 Å². The summed E-state index contributed by atoms with van der Waals surface area (Å²) in [4.78, 5) is 2.62. The monoisotopic (exact) mass is 233 g/mol. The molecular weight excluding hydrogens is 210 g/mol. The minimum atomic E-state index is 0.366. The molecule has 1 aliphatic rings. The molecule has 94 valence electrons. The van der Waals surface area contributed by atoms with Gasteiger partial charge in [-0.25, -0.2) is 0 Å². The Balaban J connectivity index is 1.96. The maximum absolute atomic E-state index is 9.29. The van der Waals surface area contributed by atoms with Gasteiger partial charge in [0, 0.05) is 12.0 Å². The molecule has 1 aromatic rings. The van der Waals surface area contributed by atoms with Crippen LogP contribution in [0.25, 0.3) is 0 Å². The molecule has 2 nitrogen and oxygen atoms in total. The highest BCUT2D eigenvalue weighted by atomic mass is 16.3. The van der Waals surface area contributed by atoms with E-state index < -0.39 is 0 Å². The molecule has 1 aliphatic carbocycles. The van der Waals surface area contributed by atoms with Crippen LogP contribution in [0.2, 0.25) is 0 Å². The summed E-state index contributed by atoms with van der Waals surface area (Å²) in [6, 6.07) is 8.47. The van der Waals surface area contributed by atoms with E-state index in [4.69, 9.17) is 0 Å². The predicted octanol–water partition coefficient (Wildman–Crippen LogP) is 3.37. The summed E-state index contributed by atoms with van der Waals surface area (Å²) in [5.74, 6) is 1.05. The molecule has 0 amide bonds. The lowest BCUT2D eigenvalue weighted by Gasteiger charge is -2.21. The van der Waals surface area contributed by atoms with Gasteiger partial charge in [0.15, 0.2) is 0 Å². The lowest BCUT2D eigenvalue weighted by Crippen LogP contribution is -2.28. The van der Waals surface area contributed by atoms with Crippen LogP contribution in [-0.4, -0.2) is 29.1 Å². The third-order valence-electron chi connectivity index (χ3n) is 3.57. The highest BCUT2D eigenvalue weighted by Crippen LogP contribution is 2.45. The van der Waals surface area contributed by atoms with Crippen molar-refractivity contribution in [2.45, 2.75) is 45.1 Å². The van der Waals surface area contributed by atoms with Crippen LogP contribution >= 0.6 is 0 Å². The van der Waals surface area contributed by atoms with Crippen molar-refractivity contribution in [3.8, 4) is 5.75 Å². The van der Waals surface area contributed by atoms with Crippen molar-refractivity contribution in [1.29, 1.82) is 0 Å². The second-order valence-electron chi connectivity index (χ2n) is 5.04. The third-order valence-corrected chi connectivity index (χ3v) is 3.57. The van der Waals surface area contributed by atoms with Gasteiger partial charge in [0.05, 0.1) is 0 Å². The fourth-order valence-corrected chi connectivity index (χ4v) is 2.68. The lowest BCUT2D eigenvalue weighted by atomic mass is 10.1. The van der Waals surface area contributed by atoms with Crippen LogP contribution in [-0.2, 0) is 0 Å². The summed E-state index contributed by atoms with van der Waals surface area (Å²) in [5, 5.41) is 9.29. The van der Waals surface area contributed by atoms with E-state index >= 15 is 0 Å². The highest BCUT2D eigenvalue weighted by molar-refractivity contribution is 5.33. The van der Waals surface area contributed by atoms with Gasteiger partial charge < -0.3 is 5.11 Å². The first-order valence-corrected chi connectivity index (χ1v) is 6.79. The quantitative estimate of drug-likeness (QED) is 0.814. The largest absolute Gasteiger partial charge is 0.508 e. The highest BCUT2D eigenvalue weighted by Gasteiger charge is 2.41. The smallest absolute Gasteiger partial charge is 0.115 e. The number of phenols is 1. The van der Waals surface area contributed by atoms with Gasteiger partial charge in [-0.05, 0) is 50.0 Å². The number of aromatic hydroxyl groups is 1. The van der Waals surface area contributed by atoms with E-state index in [2.05, 4.69) is 30.9 Å². The molecule has 1 fully saturated rings. The molecule has 1 saturated carbocycles. The molecule has 2 heteroatoms. The van der Waals surface area contributed by atoms with Gasteiger partial charge in [0.2, 0.25) is 0 Å². The van der Waals surface area contributed by atoms with Crippen LogP contribution in [0.4, 0.5) is 0 Å². The zero-order valence-corrected chi connectivity index (χ0v) is 10.9. The molecule has 0 bridgehead atoms. The lowest BCUT2D eigenvalue weighted by molar-refractivity contribution is 0.260. The average molecular weight is 233 g/mol. The van der Waals surface area contributed by atoms with E-state index in [1.807, 2.05) is 0 Å². The molecule has 0 aliphatic heterocycles. The Morgan fingerprint density at radius 1 is 1.12 bits per heavy atom. The number of benzene rings is 1. The first-order chi connectivity index (χ1) is 8.26. The minimum Gasteiger partial charge on any atom is -0.508 e. The molecule has 1 aromatic carbocycles. The van der Waals surface area contributed by atoms with Gasteiger partial charge in [-0.15, -0.1) is 0 Å². The Bertz CT molecular complexity index is 340. The molecule has 17 heavy (non-hydrogen) atoms. The first kappa shape index (κ1) is 12.4. The van der Waals surface area contributed by atoms with Gasteiger partial charge in [-0.1, -0.05) is 26.0 Å². The molecule has 0 saturated heterocycles. The minimum absolute atomic E-state index is 0.366. The van der Waals surface area contributed by atoms with Crippen molar-refractivity contribution in [1.82, 2.24) is 4.90 Å². The predicted molar refractivity (Wildman–Crippen MR) is 71.4 cm³/mol. The standard InChI is InChI=1S/C15H23NO/c1-3-9-16(10-4-2)15-11-14(15)12-5-7-13(17)8-6-12/h5-8,14-15,17H,3-4,9-11H2,1-2H3/t14-,15+/m1/s1. The second kappa shape index (κ2) is 5.54. The summed E-state index contributed by atoms with van der Waals surface area (Å²) in [5.41, 5.74) is 1.38. The van der Waals surface area contributed by atoms with Gasteiger partial charge >= 0.3 is 0 Å². The zero-order valence-electron chi connectivity index (χ0n) is 10.9. The normalized spacial score (nSPS) is 23.0. The van der Waals surface area contributed by atoms with E-state index in [9.17, 15) is 5.11 Å². The molecule has 2 rings (SSSR count). The van der Waals surface area contributed by atoms with Crippen LogP contribution in [0.1, 0.15) is 44.6 Å². The Morgan fingerprint density at radius 3 is 2.24 bits per heavy atom. The number of rotatable bonds is 6. The molecule has 0 heterocycles. The van der Waals surface area contributed by atoms with Crippen molar-refractivity contribution in [2.24, 2.45) is 0 Å². The number of nitrogens with zero attached hydrogens (tertiary/aromatic N) is 1. The van der Waals surface area contributed by atoms with Crippen molar-refractivity contribution < 1.29 is 5.11 Å². The Kier molecular flexibility index (Phi) is 4.06. The number of hydrogen-bond acceptors (Lipinski definition) is 2. The summed E-state index contributed by atoms with van der Waals surface area (Å²) < 4.78 is 0. The Hall–Kier alpha value is -1.02. The van der Waals surface area contributed by atoms with E-state index in [-0.39, 0.29) is 0 Å². The fourth-order valence-electron chi connectivity index (χ4n) is 2.68. The molecular formula is C15H23NO. The number of hydrogen-bond donors (Lipinski definition) is 1. The molecule has 0 unspecified atom stereocenters. The van der Waals surface area contributed by atoms with E-state index in [1.165, 1.54) is 37.9 Å². The van der Waals surface area contributed by atoms with Crippen LogP contribution < -0.4 is 0 Å². The molecule has 0 radical (unpaired) electrons. The fraction of sp³-hybridized carbons (Fsp3) is 0.600. The maximum atomic E-state index is 9.29. The van der Waals surface area contributed by atoms with Crippen molar-refractivity contribution in [2.75, 3.05) is 13.1 Å². The zero-order chi connectivity index (χ0) is 12.3. The topological polar surface area (TPSA) is 23.5 Å². The second-order valence-corrected chi connectivity index (χ2v) is 5.04. The number of phenolic OH excluding ortho intramolecular Hbond substituents is 1.